The van der Waals surface area contributed by atoms with E-state index in [9.17, 15) is 14.7 Å². The van der Waals surface area contributed by atoms with Gasteiger partial charge in [-0.2, -0.15) is 0 Å². The lowest BCUT2D eigenvalue weighted by atomic mass is 9.93. The standard InChI is InChI=1S/C31H36N4O4S2/c1-21(2)30-34-25(19-40-30)16-29(37)33-24(13-22-9-5-3-6-10-22)15-28(36)27(14-23-11-7-4-8-12-23)35-31(38)39-18-26-17-32-20-41-26/h3-12,17,19-21,24,27-28,36H,13-16,18H2,1-2H3,(H,33,37)(H,35,38). The maximum absolute atomic E-state index is 13.1. The van der Waals surface area contributed by atoms with E-state index in [0.717, 1.165) is 26.7 Å². The molecule has 0 aliphatic carbocycles. The Balaban J connectivity index is 1.45. The van der Waals surface area contributed by atoms with E-state index < -0.39 is 18.2 Å². The van der Waals surface area contributed by atoms with Crippen LogP contribution in [0, 0.1) is 0 Å². The van der Waals surface area contributed by atoms with Gasteiger partial charge in [0.15, 0.2) is 0 Å². The minimum Gasteiger partial charge on any atom is -0.444 e. The molecule has 0 radical (unpaired) electrons. The molecule has 2 aromatic carbocycles. The number of aliphatic hydroxyl groups excluding tert-OH is 1. The van der Waals surface area contributed by atoms with Gasteiger partial charge in [-0.05, 0) is 30.4 Å². The molecule has 4 rings (SSSR count). The Morgan fingerprint density at radius 2 is 1.63 bits per heavy atom. The highest BCUT2D eigenvalue weighted by atomic mass is 32.1. The molecule has 4 aromatic rings. The van der Waals surface area contributed by atoms with E-state index >= 15 is 0 Å². The van der Waals surface area contributed by atoms with Crippen molar-refractivity contribution in [1.29, 1.82) is 0 Å². The van der Waals surface area contributed by atoms with Gasteiger partial charge in [0.25, 0.3) is 0 Å². The number of carbonyl (C=O) groups is 2. The minimum atomic E-state index is -0.952. The molecule has 216 valence electrons. The molecule has 0 fully saturated rings. The molecule has 3 unspecified atom stereocenters. The monoisotopic (exact) mass is 592 g/mol. The minimum absolute atomic E-state index is 0.104. The summed E-state index contributed by atoms with van der Waals surface area (Å²) in [4.78, 5) is 35.2. The van der Waals surface area contributed by atoms with Gasteiger partial charge >= 0.3 is 6.09 Å². The summed E-state index contributed by atoms with van der Waals surface area (Å²) in [7, 11) is 0. The molecule has 8 nitrogen and oxygen atoms in total. The van der Waals surface area contributed by atoms with E-state index in [2.05, 4.69) is 34.4 Å². The molecule has 2 heterocycles. The molecule has 0 saturated heterocycles. The van der Waals surface area contributed by atoms with Crippen LogP contribution >= 0.6 is 22.7 Å². The van der Waals surface area contributed by atoms with Crippen molar-refractivity contribution in [3.05, 3.63) is 104 Å². The van der Waals surface area contributed by atoms with Crippen LogP contribution in [0.4, 0.5) is 4.79 Å². The highest BCUT2D eigenvalue weighted by Gasteiger charge is 2.27. The summed E-state index contributed by atoms with van der Waals surface area (Å²) in [5, 5.41) is 20.3. The quantitative estimate of drug-likeness (QED) is 0.184. The fourth-order valence-corrected chi connectivity index (χ4v) is 5.80. The number of nitrogens with zero attached hydrogens (tertiary/aromatic N) is 2. The molecule has 3 atom stereocenters. The molecule has 2 aromatic heterocycles. The number of carbonyl (C=O) groups excluding carboxylic acids is 2. The lowest BCUT2D eigenvalue weighted by Crippen LogP contribution is -2.49. The summed E-state index contributed by atoms with van der Waals surface area (Å²) in [6.45, 7) is 4.26. The topological polar surface area (TPSA) is 113 Å². The molecule has 0 bridgehead atoms. The fraction of sp³-hybridized carbons (Fsp3) is 0.355. The number of rotatable bonds is 14. The van der Waals surface area contributed by atoms with E-state index in [1.54, 1.807) is 23.0 Å². The van der Waals surface area contributed by atoms with Gasteiger partial charge in [-0.25, -0.2) is 9.78 Å². The molecule has 0 saturated carbocycles. The summed E-state index contributed by atoms with van der Waals surface area (Å²) in [6.07, 6.45) is 1.42. The first-order valence-corrected chi connectivity index (χ1v) is 15.4. The number of aliphatic hydroxyl groups is 1. The summed E-state index contributed by atoms with van der Waals surface area (Å²) < 4.78 is 5.39. The average Bonchev–Trinajstić information content (AvgIpc) is 3.65. The highest BCUT2D eigenvalue weighted by Crippen LogP contribution is 2.20. The van der Waals surface area contributed by atoms with E-state index in [4.69, 9.17) is 4.74 Å². The number of amides is 2. The SMILES string of the molecule is CC(C)c1nc(CC(=O)NC(Cc2ccccc2)CC(O)C(Cc2ccccc2)NC(=O)OCc2cncs2)cs1. The third-order valence-electron chi connectivity index (χ3n) is 6.52. The van der Waals surface area contributed by atoms with Crippen LogP contribution in [0.2, 0.25) is 0 Å². The van der Waals surface area contributed by atoms with Gasteiger partial charge in [0.2, 0.25) is 5.91 Å². The Bertz CT molecular complexity index is 1350. The number of aromatic nitrogens is 2. The van der Waals surface area contributed by atoms with Crippen molar-refractivity contribution in [3.63, 3.8) is 0 Å². The smallest absolute Gasteiger partial charge is 0.407 e. The molecule has 0 spiro atoms. The number of hydrogen-bond acceptors (Lipinski definition) is 8. The van der Waals surface area contributed by atoms with Gasteiger partial charge in [0.05, 0.1) is 39.7 Å². The van der Waals surface area contributed by atoms with Crippen molar-refractivity contribution < 1.29 is 19.4 Å². The van der Waals surface area contributed by atoms with Gasteiger partial charge in [0.1, 0.15) is 6.61 Å². The van der Waals surface area contributed by atoms with Crippen molar-refractivity contribution in [2.45, 2.75) is 70.2 Å². The maximum Gasteiger partial charge on any atom is 0.407 e. The predicted molar refractivity (Wildman–Crippen MR) is 162 cm³/mol. The van der Waals surface area contributed by atoms with Crippen LogP contribution in [0.5, 0.6) is 0 Å². The van der Waals surface area contributed by atoms with Gasteiger partial charge < -0.3 is 20.5 Å². The van der Waals surface area contributed by atoms with E-state index in [1.165, 1.54) is 11.3 Å². The highest BCUT2D eigenvalue weighted by molar-refractivity contribution is 7.09. The van der Waals surface area contributed by atoms with Gasteiger partial charge in [-0.15, -0.1) is 22.7 Å². The van der Waals surface area contributed by atoms with Gasteiger partial charge in [0, 0.05) is 23.5 Å². The van der Waals surface area contributed by atoms with Crippen LogP contribution in [0.25, 0.3) is 0 Å². The third-order valence-corrected chi connectivity index (χ3v) is 8.46. The second-order valence-corrected chi connectivity index (χ2v) is 12.1. The van der Waals surface area contributed by atoms with Crippen molar-refractivity contribution in [1.82, 2.24) is 20.6 Å². The first kappa shape index (κ1) is 30.4. The van der Waals surface area contributed by atoms with Crippen molar-refractivity contribution >= 4 is 34.7 Å². The molecule has 0 aliphatic heterocycles. The Kier molecular flexibility index (Phi) is 11.4. The van der Waals surface area contributed by atoms with Crippen molar-refractivity contribution in [2.24, 2.45) is 0 Å². The number of nitrogens with one attached hydrogen (secondary N) is 2. The van der Waals surface area contributed by atoms with E-state index in [0.29, 0.717) is 18.8 Å². The van der Waals surface area contributed by atoms with Gasteiger partial charge in [-0.3, -0.25) is 9.78 Å². The van der Waals surface area contributed by atoms with Crippen LogP contribution in [0.3, 0.4) is 0 Å². The average molecular weight is 593 g/mol. The van der Waals surface area contributed by atoms with E-state index in [1.807, 2.05) is 66.0 Å². The zero-order valence-corrected chi connectivity index (χ0v) is 24.9. The zero-order valence-electron chi connectivity index (χ0n) is 23.2. The lowest BCUT2D eigenvalue weighted by molar-refractivity contribution is -0.121. The van der Waals surface area contributed by atoms with Crippen LogP contribution in [0.15, 0.2) is 77.8 Å². The summed E-state index contributed by atoms with van der Waals surface area (Å²) in [5.41, 5.74) is 4.42. The Hall–Kier alpha value is -3.60. The molecule has 3 N–H and O–H groups in total. The van der Waals surface area contributed by atoms with Crippen LogP contribution in [-0.4, -0.2) is 45.3 Å². The molecule has 2 amide bonds. The number of hydrogen-bond donors (Lipinski definition) is 3. The molecular weight excluding hydrogens is 556 g/mol. The number of ether oxygens (including phenoxy) is 1. The summed E-state index contributed by atoms with van der Waals surface area (Å²) in [6, 6.07) is 18.5. The summed E-state index contributed by atoms with van der Waals surface area (Å²) in [5.74, 6) is 0.149. The largest absolute Gasteiger partial charge is 0.444 e. The first-order valence-electron chi connectivity index (χ1n) is 13.7. The lowest BCUT2D eigenvalue weighted by Gasteiger charge is -2.28. The molecule has 10 heteroatoms. The molecular formula is C31H36N4O4S2. The second-order valence-electron chi connectivity index (χ2n) is 10.3. The van der Waals surface area contributed by atoms with E-state index in [-0.39, 0.29) is 31.4 Å². The number of alkyl carbamates (subject to hydrolysis) is 1. The van der Waals surface area contributed by atoms with Crippen molar-refractivity contribution in [3.8, 4) is 0 Å². The fourth-order valence-electron chi connectivity index (χ4n) is 4.45. The second kappa shape index (κ2) is 15.4. The molecule has 41 heavy (non-hydrogen) atoms. The number of benzene rings is 2. The van der Waals surface area contributed by atoms with Crippen LogP contribution < -0.4 is 10.6 Å². The third kappa shape index (κ3) is 10.1. The maximum atomic E-state index is 13.1. The first-order chi connectivity index (χ1) is 19.9. The van der Waals surface area contributed by atoms with Crippen molar-refractivity contribution in [2.75, 3.05) is 0 Å². The predicted octanol–water partition coefficient (Wildman–Crippen LogP) is 5.28. The Labute approximate surface area is 248 Å². The zero-order chi connectivity index (χ0) is 29.0. The summed E-state index contributed by atoms with van der Waals surface area (Å²) >= 11 is 2.96. The van der Waals surface area contributed by atoms with Gasteiger partial charge in [-0.1, -0.05) is 74.5 Å². The Morgan fingerprint density at radius 1 is 0.951 bits per heavy atom. The molecule has 0 aliphatic rings. The van der Waals surface area contributed by atoms with Crippen LogP contribution in [-0.2, 0) is 35.4 Å². The van der Waals surface area contributed by atoms with Crippen LogP contribution in [0.1, 0.15) is 52.9 Å². The Morgan fingerprint density at radius 3 is 2.24 bits per heavy atom. The normalized spacial score (nSPS) is 13.4. The number of thiazole rings is 2.